The van der Waals surface area contributed by atoms with Gasteiger partial charge >= 0.3 is 18.1 Å². The number of rotatable bonds is 11. The molecule has 278 valence electrons. The molecule has 0 bridgehead atoms. The van der Waals surface area contributed by atoms with E-state index in [0.29, 0.717) is 17.0 Å². The molecule has 1 saturated heterocycles. The number of aliphatic hydroxyl groups is 7. The highest BCUT2D eigenvalue weighted by Gasteiger charge is 2.64. The van der Waals surface area contributed by atoms with Gasteiger partial charge in [-0.25, -0.2) is 18.5 Å². The van der Waals surface area contributed by atoms with E-state index in [1.165, 1.54) is 30.6 Å². The standard InChI is InChI=1S/C31H45F5N4O9/c1-17(2)25(33)12-18(3)19(4)29(47,26(42)43)40(31(48,49)28(45,46)16-38-8-10-39(11-9-38)21(6)41)27(44)37(7)20(5)22-13-23(30(34,35)36)15-24(32)14-22/h12-15,17,20,26,42-43,45-49H,8-11,16H2,1-7H3. The molecule has 18 heteroatoms. The molecule has 3 amide bonds. The highest BCUT2D eigenvalue weighted by atomic mass is 19.4. The van der Waals surface area contributed by atoms with Crippen LogP contribution < -0.4 is 0 Å². The molecule has 2 unspecified atom stereocenters. The molecular weight excluding hydrogens is 667 g/mol. The summed E-state index contributed by atoms with van der Waals surface area (Å²) >= 11 is 0. The number of urea groups is 1. The molecule has 1 aromatic carbocycles. The number of carbonyl (C=O) groups excluding carboxylic acids is 2. The van der Waals surface area contributed by atoms with Gasteiger partial charge in [-0.1, -0.05) is 13.8 Å². The van der Waals surface area contributed by atoms with Gasteiger partial charge in [-0.3, -0.25) is 9.69 Å². The number of β-amino-alcohol motifs (C(OH)–C–C–N with tert-alkyl or cyclic N) is 2. The number of aliphatic hydroxyl groups excluding tert-OH is 1. The van der Waals surface area contributed by atoms with Crippen molar-refractivity contribution in [3.05, 3.63) is 58.2 Å². The highest BCUT2D eigenvalue weighted by molar-refractivity contribution is 5.77. The Balaban J connectivity index is 2.79. The minimum Gasteiger partial charge on any atom is -0.364 e. The molecule has 1 fully saturated rings. The van der Waals surface area contributed by atoms with Crippen molar-refractivity contribution in [3.63, 3.8) is 0 Å². The largest absolute Gasteiger partial charge is 0.416 e. The monoisotopic (exact) mass is 712 g/mol. The molecule has 1 heterocycles. The van der Waals surface area contributed by atoms with Gasteiger partial charge in [0.2, 0.25) is 17.9 Å². The fraction of sp³-hybridized carbons (Fsp3) is 0.613. The van der Waals surface area contributed by atoms with Gasteiger partial charge in [-0.2, -0.15) is 13.2 Å². The minimum absolute atomic E-state index is 0.0330. The summed E-state index contributed by atoms with van der Waals surface area (Å²) in [5, 5.41) is 78.2. The van der Waals surface area contributed by atoms with E-state index < -0.39 is 87.7 Å². The van der Waals surface area contributed by atoms with Crippen molar-refractivity contribution in [2.24, 2.45) is 5.92 Å². The van der Waals surface area contributed by atoms with E-state index in [-0.39, 0.29) is 43.7 Å². The van der Waals surface area contributed by atoms with Crippen LogP contribution in [0.2, 0.25) is 0 Å². The van der Waals surface area contributed by atoms with Crippen LogP contribution >= 0.6 is 0 Å². The highest BCUT2D eigenvalue weighted by Crippen LogP contribution is 2.39. The van der Waals surface area contributed by atoms with Gasteiger partial charge < -0.3 is 45.5 Å². The lowest BCUT2D eigenvalue weighted by Gasteiger charge is -2.52. The number of piperazine rings is 1. The summed E-state index contributed by atoms with van der Waals surface area (Å²) in [5.74, 6) is -11.3. The Bertz CT molecular complexity index is 1430. The first-order chi connectivity index (χ1) is 22.2. The molecule has 49 heavy (non-hydrogen) atoms. The van der Waals surface area contributed by atoms with Crippen molar-refractivity contribution in [2.75, 3.05) is 39.8 Å². The third kappa shape index (κ3) is 9.12. The van der Waals surface area contributed by atoms with E-state index in [2.05, 4.69) is 0 Å². The minimum atomic E-state index is -5.01. The molecule has 2 atom stereocenters. The van der Waals surface area contributed by atoms with Crippen LogP contribution in [0.1, 0.15) is 58.7 Å². The lowest BCUT2D eigenvalue weighted by atomic mass is 9.93. The lowest BCUT2D eigenvalue weighted by Crippen LogP contribution is -2.78. The molecule has 2 rings (SSSR count). The number of allylic oxidation sites excluding steroid dienone is 3. The van der Waals surface area contributed by atoms with E-state index in [4.69, 9.17) is 0 Å². The summed E-state index contributed by atoms with van der Waals surface area (Å²) in [4.78, 5) is 28.5. The average molecular weight is 713 g/mol. The Morgan fingerprint density at radius 1 is 0.939 bits per heavy atom. The van der Waals surface area contributed by atoms with Crippen LogP contribution in [0.5, 0.6) is 0 Å². The normalized spacial score (nSPS) is 18.0. The number of hydrogen-bond donors (Lipinski definition) is 7. The maximum Gasteiger partial charge on any atom is 0.416 e. The third-order valence-electron chi connectivity index (χ3n) is 8.66. The predicted molar refractivity (Wildman–Crippen MR) is 163 cm³/mol. The number of nitrogens with zero attached hydrogens (tertiary/aromatic N) is 4. The molecule has 13 nitrogen and oxygen atoms in total. The molecule has 0 saturated carbocycles. The Morgan fingerprint density at radius 2 is 1.47 bits per heavy atom. The topological polar surface area (TPSA) is 189 Å². The number of hydrogen-bond acceptors (Lipinski definition) is 10. The SMILES string of the molecule is CC(=O)N1CCN(CC(O)(O)C(O)(O)N(C(=O)N(C)C(C)c2cc(F)cc(C(F)(F)F)c2)C(O)(C(C)=C(C)C=C(F)C(C)C)C(O)O)CC1. The summed E-state index contributed by atoms with van der Waals surface area (Å²) in [7, 11) is 0.861. The molecular formula is C31H45F5N4O9. The molecule has 0 spiro atoms. The van der Waals surface area contributed by atoms with Crippen LogP contribution in [0.4, 0.5) is 26.7 Å². The van der Waals surface area contributed by atoms with Gasteiger partial charge in [0.05, 0.1) is 18.2 Å². The molecule has 0 aromatic heterocycles. The second kappa shape index (κ2) is 15.3. The van der Waals surface area contributed by atoms with Crippen LogP contribution in [-0.2, 0) is 11.0 Å². The van der Waals surface area contributed by atoms with Crippen LogP contribution in [0.15, 0.2) is 41.2 Å². The van der Waals surface area contributed by atoms with Crippen molar-refractivity contribution in [2.45, 2.75) is 77.5 Å². The van der Waals surface area contributed by atoms with Crippen LogP contribution in [-0.4, -0.2) is 131 Å². The number of benzene rings is 1. The Kier molecular flexibility index (Phi) is 13.1. The molecule has 0 aliphatic carbocycles. The molecule has 1 aliphatic heterocycles. The average Bonchev–Trinajstić information content (AvgIpc) is 2.98. The Labute approximate surface area is 280 Å². The maximum atomic E-state index is 14.6. The Hall–Kier alpha value is -3.23. The predicted octanol–water partition coefficient (Wildman–Crippen LogP) is 1.59. The summed E-state index contributed by atoms with van der Waals surface area (Å²) in [6, 6.07) is -2.10. The van der Waals surface area contributed by atoms with Crippen molar-refractivity contribution in [1.82, 2.24) is 19.6 Å². The van der Waals surface area contributed by atoms with Gasteiger partial charge in [-0.05, 0) is 61.8 Å². The summed E-state index contributed by atoms with van der Waals surface area (Å²) in [5.41, 5.74) is -6.62. The summed E-state index contributed by atoms with van der Waals surface area (Å²) < 4.78 is 69.3. The molecule has 0 radical (unpaired) electrons. The number of halogens is 5. The molecule has 7 N–H and O–H groups in total. The quantitative estimate of drug-likeness (QED) is 0.101. The van der Waals surface area contributed by atoms with Gasteiger partial charge in [0.25, 0.3) is 5.79 Å². The van der Waals surface area contributed by atoms with E-state index in [0.717, 1.165) is 33.9 Å². The zero-order valence-corrected chi connectivity index (χ0v) is 28.2. The first-order valence-electron chi connectivity index (χ1n) is 15.2. The van der Waals surface area contributed by atoms with Crippen molar-refractivity contribution in [3.8, 4) is 0 Å². The van der Waals surface area contributed by atoms with E-state index in [9.17, 15) is 67.3 Å². The zero-order valence-electron chi connectivity index (χ0n) is 28.2. The van der Waals surface area contributed by atoms with E-state index >= 15 is 0 Å². The first kappa shape index (κ1) is 41.9. The second-order valence-electron chi connectivity index (χ2n) is 12.5. The number of amides is 3. The number of alkyl halides is 3. The number of carbonyl (C=O) groups is 2. The third-order valence-corrected chi connectivity index (χ3v) is 8.66. The summed E-state index contributed by atoms with van der Waals surface area (Å²) in [6.45, 7) is 6.43. The van der Waals surface area contributed by atoms with Crippen LogP contribution in [0.3, 0.4) is 0 Å². The Morgan fingerprint density at radius 3 is 1.92 bits per heavy atom. The van der Waals surface area contributed by atoms with Gasteiger partial charge in [0.15, 0.2) is 0 Å². The first-order valence-corrected chi connectivity index (χ1v) is 15.2. The maximum absolute atomic E-state index is 14.6. The van der Waals surface area contributed by atoms with Crippen molar-refractivity contribution >= 4 is 11.9 Å². The molecule has 1 aromatic rings. The van der Waals surface area contributed by atoms with Crippen LogP contribution in [0.25, 0.3) is 0 Å². The van der Waals surface area contributed by atoms with E-state index in [1.807, 2.05) is 0 Å². The fourth-order valence-corrected chi connectivity index (χ4v) is 5.15. The second-order valence-corrected chi connectivity index (χ2v) is 12.5. The van der Waals surface area contributed by atoms with Gasteiger partial charge in [-0.15, -0.1) is 0 Å². The smallest absolute Gasteiger partial charge is 0.364 e. The van der Waals surface area contributed by atoms with Crippen molar-refractivity contribution < 1.29 is 67.3 Å². The zero-order chi connectivity index (χ0) is 38.0. The molecule has 1 aliphatic rings. The van der Waals surface area contributed by atoms with Gasteiger partial charge in [0.1, 0.15) is 11.6 Å². The van der Waals surface area contributed by atoms with Crippen molar-refractivity contribution in [1.29, 1.82) is 0 Å². The van der Waals surface area contributed by atoms with Crippen LogP contribution in [0, 0.1) is 11.7 Å². The van der Waals surface area contributed by atoms with E-state index in [1.54, 1.807) is 0 Å². The van der Waals surface area contributed by atoms with Gasteiger partial charge in [0, 0.05) is 46.1 Å². The lowest BCUT2D eigenvalue weighted by molar-refractivity contribution is -0.436. The summed E-state index contributed by atoms with van der Waals surface area (Å²) in [6.07, 6.45) is -7.35. The fourth-order valence-electron chi connectivity index (χ4n) is 5.15.